The first kappa shape index (κ1) is 21.1. The standard InChI is InChI=1S/C28H26N2O3/c1-16-6-11-21-20(14-16)25(31)23-24(18-7-9-19(10-8-18)28(3,4)5)30(27(32)26(23)33-21)22-15-17(2)12-13-29-22/h6-15,24H,1-5H3/t24-/m0/s1. The Morgan fingerprint density at radius 3 is 2.27 bits per heavy atom. The van der Waals surface area contributed by atoms with Crippen LogP contribution in [0.3, 0.4) is 0 Å². The number of hydrogen-bond donors (Lipinski definition) is 0. The topological polar surface area (TPSA) is 63.4 Å². The minimum absolute atomic E-state index is 0.00747. The Morgan fingerprint density at radius 1 is 0.909 bits per heavy atom. The van der Waals surface area contributed by atoms with E-state index in [-0.39, 0.29) is 22.5 Å². The van der Waals surface area contributed by atoms with Crippen LogP contribution in [0.4, 0.5) is 5.82 Å². The number of fused-ring (bicyclic) bond motifs is 2. The van der Waals surface area contributed by atoms with Gasteiger partial charge in [0.05, 0.1) is 17.0 Å². The lowest BCUT2D eigenvalue weighted by Gasteiger charge is -2.25. The molecule has 4 aromatic rings. The molecular weight excluding hydrogens is 412 g/mol. The first-order valence-electron chi connectivity index (χ1n) is 11.1. The molecule has 0 bridgehead atoms. The van der Waals surface area contributed by atoms with Crippen molar-refractivity contribution in [2.75, 3.05) is 4.90 Å². The zero-order valence-electron chi connectivity index (χ0n) is 19.5. The maximum atomic E-state index is 13.7. The SMILES string of the molecule is Cc1ccnc(N2C(=O)c3oc4ccc(C)cc4c(=O)c3[C@@H]2c2ccc(C(C)(C)C)cc2)c1. The van der Waals surface area contributed by atoms with Crippen LogP contribution < -0.4 is 10.3 Å². The van der Waals surface area contributed by atoms with E-state index in [4.69, 9.17) is 4.42 Å². The van der Waals surface area contributed by atoms with Crippen LogP contribution in [0.25, 0.3) is 11.0 Å². The van der Waals surface area contributed by atoms with Gasteiger partial charge in [-0.2, -0.15) is 0 Å². The molecule has 5 rings (SSSR count). The second kappa shape index (κ2) is 7.41. The van der Waals surface area contributed by atoms with Crippen molar-refractivity contribution in [3.63, 3.8) is 0 Å². The van der Waals surface area contributed by atoms with Crippen LogP contribution in [0, 0.1) is 13.8 Å². The van der Waals surface area contributed by atoms with Crippen LogP contribution in [-0.2, 0) is 5.41 Å². The van der Waals surface area contributed by atoms with E-state index in [1.54, 1.807) is 17.2 Å². The average Bonchev–Trinajstić information content (AvgIpc) is 3.06. The maximum absolute atomic E-state index is 13.7. The number of anilines is 1. The summed E-state index contributed by atoms with van der Waals surface area (Å²) >= 11 is 0. The van der Waals surface area contributed by atoms with E-state index in [1.807, 2.05) is 50.2 Å². The lowest BCUT2D eigenvalue weighted by atomic mass is 9.86. The van der Waals surface area contributed by atoms with Crippen LogP contribution in [0.2, 0.25) is 0 Å². The molecule has 33 heavy (non-hydrogen) atoms. The number of rotatable bonds is 2. The molecule has 0 unspecified atom stereocenters. The lowest BCUT2D eigenvalue weighted by Crippen LogP contribution is -2.30. The molecule has 1 aliphatic rings. The van der Waals surface area contributed by atoms with E-state index in [9.17, 15) is 9.59 Å². The van der Waals surface area contributed by atoms with Crippen LogP contribution in [0.5, 0.6) is 0 Å². The van der Waals surface area contributed by atoms with Gasteiger partial charge in [0, 0.05) is 6.20 Å². The highest BCUT2D eigenvalue weighted by Crippen LogP contribution is 2.41. The first-order chi connectivity index (χ1) is 15.6. The predicted octanol–water partition coefficient (Wildman–Crippen LogP) is 5.85. The highest BCUT2D eigenvalue weighted by atomic mass is 16.3. The highest BCUT2D eigenvalue weighted by molar-refractivity contribution is 6.10. The third-order valence-electron chi connectivity index (χ3n) is 6.27. The van der Waals surface area contributed by atoms with E-state index in [0.29, 0.717) is 22.4 Å². The summed E-state index contributed by atoms with van der Waals surface area (Å²) in [6.07, 6.45) is 1.68. The van der Waals surface area contributed by atoms with Gasteiger partial charge in [0.25, 0.3) is 5.91 Å². The Kier molecular flexibility index (Phi) is 4.74. The van der Waals surface area contributed by atoms with E-state index < -0.39 is 6.04 Å². The fourth-order valence-electron chi connectivity index (χ4n) is 4.46. The van der Waals surface area contributed by atoms with Gasteiger partial charge in [-0.05, 0) is 60.2 Å². The molecule has 0 aliphatic carbocycles. The van der Waals surface area contributed by atoms with Gasteiger partial charge < -0.3 is 4.42 Å². The van der Waals surface area contributed by atoms with Crippen molar-refractivity contribution < 1.29 is 9.21 Å². The Morgan fingerprint density at radius 2 is 1.61 bits per heavy atom. The number of carbonyl (C=O) groups is 1. The average molecular weight is 439 g/mol. The number of aryl methyl sites for hydroxylation is 2. The number of benzene rings is 2. The van der Waals surface area contributed by atoms with Gasteiger partial charge in [0.2, 0.25) is 5.76 Å². The number of nitrogens with zero attached hydrogens (tertiary/aromatic N) is 2. The minimum Gasteiger partial charge on any atom is -0.450 e. The van der Waals surface area contributed by atoms with E-state index in [1.165, 1.54) is 5.56 Å². The number of pyridine rings is 1. The molecule has 166 valence electrons. The zero-order valence-corrected chi connectivity index (χ0v) is 19.5. The van der Waals surface area contributed by atoms with Gasteiger partial charge in [0.15, 0.2) is 5.43 Å². The summed E-state index contributed by atoms with van der Waals surface area (Å²) in [5.74, 6) is 0.230. The summed E-state index contributed by atoms with van der Waals surface area (Å²) in [4.78, 5) is 33.4. The highest BCUT2D eigenvalue weighted by Gasteiger charge is 2.44. The summed E-state index contributed by atoms with van der Waals surface area (Å²) in [5.41, 5.74) is 4.56. The van der Waals surface area contributed by atoms with Crippen molar-refractivity contribution in [3.05, 3.63) is 105 Å². The lowest BCUT2D eigenvalue weighted by molar-refractivity contribution is 0.0970. The van der Waals surface area contributed by atoms with Gasteiger partial charge in [-0.15, -0.1) is 0 Å². The molecule has 1 amide bonds. The molecule has 0 radical (unpaired) electrons. The molecule has 2 aromatic carbocycles. The Hall–Kier alpha value is -3.73. The van der Waals surface area contributed by atoms with Crippen molar-refractivity contribution in [2.45, 2.75) is 46.1 Å². The van der Waals surface area contributed by atoms with E-state index >= 15 is 0 Å². The van der Waals surface area contributed by atoms with Crippen molar-refractivity contribution in [1.82, 2.24) is 4.98 Å². The molecule has 1 aliphatic heterocycles. The first-order valence-corrected chi connectivity index (χ1v) is 11.1. The third-order valence-corrected chi connectivity index (χ3v) is 6.27. The van der Waals surface area contributed by atoms with Crippen molar-refractivity contribution in [1.29, 1.82) is 0 Å². The number of carbonyl (C=O) groups excluding carboxylic acids is 1. The summed E-state index contributed by atoms with van der Waals surface area (Å²) in [6, 6.07) is 16.7. The second-order valence-electron chi connectivity index (χ2n) is 9.81. The molecule has 2 aromatic heterocycles. The smallest absolute Gasteiger partial charge is 0.296 e. The largest absolute Gasteiger partial charge is 0.450 e. The Labute approximate surface area is 192 Å². The van der Waals surface area contributed by atoms with Crippen molar-refractivity contribution in [2.24, 2.45) is 0 Å². The molecule has 5 heteroatoms. The fourth-order valence-corrected chi connectivity index (χ4v) is 4.46. The van der Waals surface area contributed by atoms with Gasteiger partial charge in [-0.3, -0.25) is 14.5 Å². The van der Waals surface area contributed by atoms with Gasteiger partial charge in [-0.25, -0.2) is 4.98 Å². The Bertz CT molecular complexity index is 1460. The van der Waals surface area contributed by atoms with E-state index in [0.717, 1.165) is 16.7 Å². The quantitative estimate of drug-likeness (QED) is 0.394. The molecule has 0 saturated carbocycles. The van der Waals surface area contributed by atoms with Gasteiger partial charge >= 0.3 is 0 Å². The number of amides is 1. The molecule has 5 nitrogen and oxygen atoms in total. The number of hydrogen-bond acceptors (Lipinski definition) is 4. The van der Waals surface area contributed by atoms with Crippen molar-refractivity contribution >= 4 is 22.7 Å². The van der Waals surface area contributed by atoms with Crippen molar-refractivity contribution in [3.8, 4) is 0 Å². The molecule has 0 fully saturated rings. The fraction of sp³-hybridized carbons (Fsp3) is 0.250. The molecule has 0 spiro atoms. The third kappa shape index (κ3) is 3.44. The zero-order chi connectivity index (χ0) is 23.5. The van der Waals surface area contributed by atoms with Gasteiger partial charge in [-0.1, -0.05) is 56.7 Å². The summed E-state index contributed by atoms with van der Waals surface area (Å²) < 4.78 is 6.05. The molecule has 0 saturated heterocycles. The van der Waals surface area contributed by atoms with Crippen LogP contribution in [-0.4, -0.2) is 10.9 Å². The van der Waals surface area contributed by atoms with Crippen LogP contribution >= 0.6 is 0 Å². The summed E-state index contributed by atoms with van der Waals surface area (Å²) in [5, 5.41) is 0.483. The maximum Gasteiger partial charge on any atom is 0.296 e. The van der Waals surface area contributed by atoms with E-state index in [2.05, 4.69) is 37.9 Å². The molecule has 0 N–H and O–H groups in total. The monoisotopic (exact) mass is 438 g/mol. The second-order valence-corrected chi connectivity index (χ2v) is 9.81. The summed E-state index contributed by atoms with van der Waals surface area (Å²) in [7, 11) is 0. The summed E-state index contributed by atoms with van der Waals surface area (Å²) in [6.45, 7) is 10.4. The van der Waals surface area contributed by atoms with Crippen LogP contribution in [0.1, 0.15) is 65.2 Å². The predicted molar refractivity (Wildman–Crippen MR) is 130 cm³/mol. The van der Waals surface area contributed by atoms with Crippen LogP contribution in [0.15, 0.2) is 70.0 Å². The Balaban J connectivity index is 1.78. The minimum atomic E-state index is -0.614. The molecule has 1 atom stereocenters. The molecule has 3 heterocycles. The normalized spacial score (nSPS) is 15.8. The molecular formula is C28H26N2O3. The van der Waals surface area contributed by atoms with Gasteiger partial charge in [0.1, 0.15) is 11.4 Å². The number of aromatic nitrogens is 1.